The van der Waals surface area contributed by atoms with Crippen molar-refractivity contribution in [2.75, 3.05) is 11.6 Å². The van der Waals surface area contributed by atoms with Crippen molar-refractivity contribution in [3.05, 3.63) is 106 Å². The molecule has 3 heterocycles. The maximum Gasteiger partial charge on any atom is 0.227 e. The molecular formula is C28H26N4OS. The minimum absolute atomic E-state index is 0.139. The summed E-state index contributed by atoms with van der Waals surface area (Å²) < 4.78 is 8.76. The lowest BCUT2D eigenvalue weighted by atomic mass is 9.84. The molecule has 2 unspecified atom stereocenters. The minimum Gasteiger partial charge on any atom is -0.480 e. The standard InChI is InChI=1S/C28H26N4OS/c1-16-5-10-19(11-6-16)25-23-24(29-27-30-28(34-4)31-32(25)27)21-15-18(3)9-14-22(21)33-26(23)20-12-7-17(2)8-13-20/h5-15,25-26H,1-4H3,(H,29,30,31). The monoisotopic (exact) mass is 466 g/mol. The summed E-state index contributed by atoms with van der Waals surface area (Å²) in [4.78, 5) is 4.79. The van der Waals surface area contributed by atoms with Crippen molar-refractivity contribution in [3.63, 3.8) is 0 Å². The molecule has 2 aliphatic rings. The fraction of sp³-hybridized carbons (Fsp3) is 0.214. The van der Waals surface area contributed by atoms with E-state index in [1.54, 1.807) is 11.8 Å². The van der Waals surface area contributed by atoms with Crippen LogP contribution in [0.1, 0.15) is 45.5 Å². The molecule has 1 N–H and O–H groups in total. The number of thioether (sulfide) groups is 1. The van der Waals surface area contributed by atoms with Gasteiger partial charge >= 0.3 is 0 Å². The van der Waals surface area contributed by atoms with E-state index in [1.807, 2.05) is 10.9 Å². The Labute approximate surface area is 203 Å². The number of hydrogen-bond donors (Lipinski definition) is 1. The van der Waals surface area contributed by atoms with Gasteiger partial charge in [0.2, 0.25) is 11.1 Å². The van der Waals surface area contributed by atoms with Crippen molar-refractivity contribution in [2.45, 2.75) is 38.1 Å². The van der Waals surface area contributed by atoms with Gasteiger partial charge in [-0.3, -0.25) is 0 Å². The molecule has 170 valence electrons. The maximum absolute atomic E-state index is 6.74. The molecule has 0 spiro atoms. The Kier molecular flexibility index (Phi) is 4.99. The highest BCUT2D eigenvalue weighted by Crippen LogP contribution is 2.51. The van der Waals surface area contributed by atoms with Crippen LogP contribution in [0.3, 0.4) is 0 Å². The van der Waals surface area contributed by atoms with Gasteiger partial charge in [0.15, 0.2) is 0 Å². The fourth-order valence-electron chi connectivity index (χ4n) is 4.80. The Balaban J connectivity index is 1.63. The third-order valence-electron chi connectivity index (χ3n) is 6.56. The van der Waals surface area contributed by atoms with E-state index in [2.05, 4.69) is 92.8 Å². The number of aryl methyl sites for hydroxylation is 3. The number of fused-ring (bicyclic) bond motifs is 3. The van der Waals surface area contributed by atoms with E-state index in [4.69, 9.17) is 14.8 Å². The number of aromatic nitrogens is 3. The zero-order chi connectivity index (χ0) is 23.4. The van der Waals surface area contributed by atoms with Gasteiger partial charge in [-0.1, -0.05) is 83.0 Å². The van der Waals surface area contributed by atoms with Crippen LogP contribution in [0.25, 0.3) is 5.70 Å². The summed E-state index contributed by atoms with van der Waals surface area (Å²) in [6, 6.07) is 23.6. The largest absolute Gasteiger partial charge is 0.480 e. The Morgan fingerprint density at radius 3 is 2.18 bits per heavy atom. The number of rotatable bonds is 3. The van der Waals surface area contributed by atoms with Gasteiger partial charge in [0, 0.05) is 11.1 Å². The topological polar surface area (TPSA) is 52.0 Å². The number of hydrogen-bond acceptors (Lipinski definition) is 5. The highest BCUT2D eigenvalue weighted by molar-refractivity contribution is 7.98. The van der Waals surface area contributed by atoms with Crippen molar-refractivity contribution in [1.29, 1.82) is 0 Å². The zero-order valence-corrected chi connectivity index (χ0v) is 20.5. The van der Waals surface area contributed by atoms with Crippen molar-refractivity contribution in [3.8, 4) is 5.75 Å². The van der Waals surface area contributed by atoms with Gasteiger partial charge < -0.3 is 10.1 Å². The summed E-state index contributed by atoms with van der Waals surface area (Å²) in [5, 5.41) is 9.25. The molecule has 0 fully saturated rings. The Morgan fingerprint density at radius 2 is 1.50 bits per heavy atom. The van der Waals surface area contributed by atoms with Crippen LogP contribution < -0.4 is 10.1 Å². The molecule has 0 amide bonds. The molecule has 6 heteroatoms. The summed E-state index contributed by atoms with van der Waals surface area (Å²) >= 11 is 1.55. The molecule has 3 aromatic carbocycles. The molecule has 5 nitrogen and oxygen atoms in total. The average molecular weight is 467 g/mol. The van der Waals surface area contributed by atoms with E-state index in [-0.39, 0.29) is 12.1 Å². The lowest BCUT2D eigenvalue weighted by molar-refractivity contribution is 0.223. The Bertz CT molecular complexity index is 1420. The summed E-state index contributed by atoms with van der Waals surface area (Å²) in [6.07, 6.45) is 1.76. The van der Waals surface area contributed by atoms with Crippen molar-refractivity contribution >= 4 is 23.4 Å². The predicted octanol–water partition coefficient (Wildman–Crippen LogP) is 6.49. The van der Waals surface area contributed by atoms with Gasteiger partial charge in [0.1, 0.15) is 17.9 Å². The van der Waals surface area contributed by atoms with E-state index in [0.717, 1.165) is 44.8 Å². The summed E-state index contributed by atoms with van der Waals surface area (Å²) in [7, 11) is 0. The SMILES string of the molecule is CSc1nc2n(n1)C(c1ccc(C)cc1)C1=C(N2)c2cc(C)ccc2OC1c1ccc(C)cc1. The van der Waals surface area contributed by atoms with E-state index >= 15 is 0 Å². The maximum atomic E-state index is 6.74. The molecule has 0 bridgehead atoms. The van der Waals surface area contributed by atoms with Gasteiger partial charge in [0.25, 0.3) is 0 Å². The second-order valence-electron chi connectivity index (χ2n) is 9.04. The first-order valence-corrected chi connectivity index (χ1v) is 12.7. The molecular weight excluding hydrogens is 440 g/mol. The van der Waals surface area contributed by atoms with Gasteiger partial charge in [0.05, 0.1) is 5.70 Å². The first-order chi connectivity index (χ1) is 16.5. The Morgan fingerprint density at radius 1 is 0.853 bits per heavy atom. The lowest BCUT2D eigenvalue weighted by Gasteiger charge is -2.39. The summed E-state index contributed by atoms with van der Waals surface area (Å²) in [6.45, 7) is 6.33. The summed E-state index contributed by atoms with van der Waals surface area (Å²) in [5.74, 6) is 1.63. The smallest absolute Gasteiger partial charge is 0.227 e. The van der Waals surface area contributed by atoms with Crippen LogP contribution in [0.15, 0.2) is 77.5 Å². The highest BCUT2D eigenvalue weighted by atomic mass is 32.2. The first-order valence-electron chi connectivity index (χ1n) is 11.4. The molecule has 2 aliphatic heterocycles. The molecule has 34 heavy (non-hydrogen) atoms. The number of ether oxygens (including phenoxy) is 1. The van der Waals surface area contributed by atoms with Crippen LogP contribution in [0.5, 0.6) is 5.75 Å². The van der Waals surface area contributed by atoms with Crippen LogP contribution in [-0.4, -0.2) is 21.0 Å². The van der Waals surface area contributed by atoms with Crippen molar-refractivity contribution in [2.24, 2.45) is 0 Å². The number of nitrogens with one attached hydrogen (secondary N) is 1. The first kappa shape index (κ1) is 21.1. The predicted molar refractivity (Wildman–Crippen MR) is 137 cm³/mol. The summed E-state index contributed by atoms with van der Waals surface area (Å²) in [5.41, 5.74) is 9.21. The van der Waals surface area contributed by atoms with Crippen molar-refractivity contribution in [1.82, 2.24) is 14.8 Å². The van der Waals surface area contributed by atoms with Gasteiger partial charge in [-0.25, -0.2) is 4.68 Å². The van der Waals surface area contributed by atoms with Crippen LogP contribution in [0, 0.1) is 20.8 Å². The minimum atomic E-state index is -0.250. The van der Waals surface area contributed by atoms with Gasteiger partial charge in [-0.2, -0.15) is 4.98 Å². The van der Waals surface area contributed by atoms with Crippen LogP contribution in [-0.2, 0) is 0 Å². The quantitative estimate of drug-likeness (QED) is 0.350. The van der Waals surface area contributed by atoms with E-state index < -0.39 is 0 Å². The molecule has 0 saturated carbocycles. The number of anilines is 1. The van der Waals surface area contributed by atoms with E-state index in [1.165, 1.54) is 16.7 Å². The number of benzene rings is 3. The normalized spacial score (nSPS) is 18.5. The van der Waals surface area contributed by atoms with Crippen LogP contribution in [0.2, 0.25) is 0 Å². The molecule has 0 radical (unpaired) electrons. The molecule has 0 aliphatic carbocycles. The second-order valence-corrected chi connectivity index (χ2v) is 9.82. The average Bonchev–Trinajstić information content (AvgIpc) is 3.27. The third-order valence-corrected chi connectivity index (χ3v) is 7.10. The van der Waals surface area contributed by atoms with Crippen molar-refractivity contribution < 1.29 is 4.74 Å². The number of nitrogens with zero attached hydrogens (tertiary/aromatic N) is 3. The lowest BCUT2D eigenvalue weighted by Crippen LogP contribution is -2.32. The van der Waals surface area contributed by atoms with E-state index in [9.17, 15) is 0 Å². The molecule has 4 aromatic rings. The Hall–Kier alpha value is -3.51. The molecule has 6 rings (SSSR count). The van der Waals surface area contributed by atoms with Crippen LogP contribution >= 0.6 is 11.8 Å². The third kappa shape index (κ3) is 3.41. The van der Waals surface area contributed by atoms with Crippen LogP contribution in [0.4, 0.5) is 5.95 Å². The second kappa shape index (κ2) is 8.06. The van der Waals surface area contributed by atoms with Gasteiger partial charge in [-0.15, -0.1) is 5.10 Å². The van der Waals surface area contributed by atoms with E-state index in [0.29, 0.717) is 0 Å². The fourth-order valence-corrected chi connectivity index (χ4v) is 5.14. The molecule has 0 saturated heterocycles. The zero-order valence-electron chi connectivity index (χ0n) is 19.7. The van der Waals surface area contributed by atoms with Gasteiger partial charge in [-0.05, 0) is 50.3 Å². The molecule has 1 aromatic heterocycles. The molecule has 2 atom stereocenters. The highest BCUT2D eigenvalue weighted by Gasteiger charge is 2.41.